The molecule has 0 atom stereocenters. The maximum Gasteiger partial charge on any atom is 0.240 e. The van der Waals surface area contributed by atoms with E-state index in [0.717, 1.165) is 38.9 Å². The van der Waals surface area contributed by atoms with E-state index in [1.807, 2.05) is 13.8 Å². The zero-order valence-corrected chi connectivity index (χ0v) is 16.3. The number of ether oxygens (including phenoxy) is 2. The van der Waals surface area contributed by atoms with Gasteiger partial charge in [0.05, 0.1) is 18.1 Å². The molecule has 1 fully saturated rings. The SMILES string of the molecule is CCCN1CCC(NS(=O)(=O)c2ccc(OCC)c(OCC)c2)CC1. The third-order valence-corrected chi connectivity index (χ3v) is 5.79. The predicted molar refractivity (Wildman–Crippen MR) is 98.9 cm³/mol. The van der Waals surface area contributed by atoms with Crippen LogP contribution in [0.25, 0.3) is 0 Å². The minimum Gasteiger partial charge on any atom is -0.490 e. The minimum atomic E-state index is -3.57. The summed E-state index contributed by atoms with van der Waals surface area (Å²) >= 11 is 0. The summed E-state index contributed by atoms with van der Waals surface area (Å²) in [6.07, 6.45) is 2.81. The third-order valence-electron chi connectivity index (χ3n) is 4.27. The molecule has 142 valence electrons. The van der Waals surface area contributed by atoms with Gasteiger partial charge in [0, 0.05) is 12.1 Å². The van der Waals surface area contributed by atoms with Gasteiger partial charge in [0.15, 0.2) is 11.5 Å². The molecule has 1 aliphatic heterocycles. The topological polar surface area (TPSA) is 67.9 Å². The second kappa shape index (κ2) is 9.40. The van der Waals surface area contributed by atoms with Crippen LogP contribution in [-0.2, 0) is 10.0 Å². The predicted octanol–water partition coefficient (Wildman–Crippen LogP) is 2.64. The highest BCUT2D eigenvalue weighted by Gasteiger charge is 2.25. The molecule has 0 amide bonds. The zero-order valence-electron chi connectivity index (χ0n) is 15.5. The van der Waals surface area contributed by atoms with Crippen LogP contribution in [0.3, 0.4) is 0 Å². The molecule has 1 aromatic carbocycles. The van der Waals surface area contributed by atoms with Gasteiger partial charge in [0.1, 0.15) is 0 Å². The zero-order chi connectivity index (χ0) is 18.3. The van der Waals surface area contributed by atoms with Crippen LogP contribution in [0.4, 0.5) is 0 Å². The summed E-state index contributed by atoms with van der Waals surface area (Å²) in [6.45, 7) is 9.81. The Morgan fingerprint density at radius 3 is 2.32 bits per heavy atom. The lowest BCUT2D eigenvalue weighted by Gasteiger charge is -2.31. The maximum absolute atomic E-state index is 12.7. The van der Waals surface area contributed by atoms with E-state index in [0.29, 0.717) is 24.7 Å². The first-order valence-corrected chi connectivity index (χ1v) is 10.6. The van der Waals surface area contributed by atoms with Crippen LogP contribution >= 0.6 is 0 Å². The fraction of sp³-hybridized carbons (Fsp3) is 0.667. The molecule has 0 aromatic heterocycles. The quantitative estimate of drug-likeness (QED) is 0.724. The fourth-order valence-electron chi connectivity index (χ4n) is 3.08. The third kappa shape index (κ3) is 5.59. The van der Waals surface area contributed by atoms with Gasteiger partial charge in [-0.25, -0.2) is 13.1 Å². The molecule has 1 aromatic rings. The van der Waals surface area contributed by atoms with Crippen LogP contribution in [0.15, 0.2) is 23.1 Å². The Balaban J connectivity index is 2.07. The van der Waals surface area contributed by atoms with Crippen LogP contribution in [0, 0.1) is 0 Å². The summed E-state index contributed by atoms with van der Waals surface area (Å²) in [7, 11) is -3.57. The molecule has 0 bridgehead atoms. The summed E-state index contributed by atoms with van der Waals surface area (Å²) in [5.74, 6) is 1.03. The molecule has 0 spiro atoms. The average Bonchev–Trinajstić information content (AvgIpc) is 2.58. The van der Waals surface area contributed by atoms with Gasteiger partial charge < -0.3 is 14.4 Å². The van der Waals surface area contributed by atoms with Gasteiger partial charge in [-0.3, -0.25) is 0 Å². The summed E-state index contributed by atoms with van der Waals surface area (Å²) in [4.78, 5) is 2.60. The van der Waals surface area contributed by atoms with Crippen LogP contribution in [0.5, 0.6) is 11.5 Å². The van der Waals surface area contributed by atoms with Crippen molar-refractivity contribution < 1.29 is 17.9 Å². The van der Waals surface area contributed by atoms with Crippen LogP contribution in [-0.4, -0.2) is 52.2 Å². The number of nitrogens with zero attached hydrogens (tertiary/aromatic N) is 1. The first kappa shape index (κ1) is 20.0. The van der Waals surface area contributed by atoms with E-state index in [1.165, 1.54) is 0 Å². The molecule has 0 unspecified atom stereocenters. The largest absolute Gasteiger partial charge is 0.490 e. The van der Waals surface area contributed by atoms with Crippen LogP contribution < -0.4 is 14.2 Å². The van der Waals surface area contributed by atoms with E-state index in [1.54, 1.807) is 18.2 Å². The normalized spacial score (nSPS) is 16.8. The molecule has 25 heavy (non-hydrogen) atoms. The maximum atomic E-state index is 12.7. The molecule has 6 nitrogen and oxygen atoms in total. The van der Waals surface area contributed by atoms with Crippen LogP contribution in [0.2, 0.25) is 0 Å². The molecule has 1 saturated heterocycles. The van der Waals surface area contributed by atoms with Crippen molar-refractivity contribution in [1.29, 1.82) is 0 Å². The molecular weight excluding hydrogens is 340 g/mol. The Bertz CT molecular complexity index is 640. The fourth-order valence-corrected chi connectivity index (χ4v) is 4.40. The number of likely N-dealkylation sites (tertiary alicyclic amines) is 1. The highest BCUT2D eigenvalue weighted by atomic mass is 32.2. The molecule has 0 radical (unpaired) electrons. The highest BCUT2D eigenvalue weighted by molar-refractivity contribution is 7.89. The van der Waals surface area contributed by atoms with Crippen molar-refractivity contribution in [3.63, 3.8) is 0 Å². The van der Waals surface area contributed by atoms with Gasteiger partial charge >= 0.3 is 0 Å². The number of hydrogen-bond acceptors (Lipinski definition) is 5. The van der Waals surface area contributed by atoms with Crippen molar-refractivity contribution in [2.45, 2.75) is 51.0 Å². The second-order valence-electron chi connectivity index (χ2n) is 6.21. The molecule has 7 heteroatoms. The van der Waals surface area contributed by atoms with Crippen LogP contribution in [0.1, 0.15) is 40.0 Å². The van der Waals surface area contributed by atoms with Crippen molar-refractivity contribution >= 4 is 10.0 Å². The molecule has 1 N–H and O–H groups in total. The standard InChI is InChI=1S/C18H30N2O4S/c1-4-11-20-12-9-15(10-13-20)19-25(21,22)16-7-8-17(23-5-2)18(14-16)24-6-3/h7-8,14-15,19H,4-6,9-13H2,1-3H3. The van der Waals surface area contributed by atoms with E-state index >= 15 is 0 Å². The number of nitrogens with one attached hydrogen (secondary N) is 1. The van der Waals surface area contributed by atoms with Gasteiger partial charge in [-0.1, -0.05) is 6.92 Å². The van der Waals surface area contributed by atoms with Gasteiger partial charge in [-0.05, 0) is 64.9 Å². The summed E-state index contributed by atoms with van der Waals surface area (Å²) in [5, 5.41) is 0. The number of benzene rings is 1. The lowest BCUT2D eigenvalue weighted by molar-refractivity contribution is 0.208. The minimum absolute atomic E-state index is 0.0137. The molecule has 0 aliphatic carbocycles. The van der Waals surface area contributed by atoms with Gasteiger partial charge in [-0.2, -0.15) is 0 Å². The summed E-state index contributed by atoms with van der Waals surface area (Å²) < 4.78 is 39.3. The van der Waals surface area contributed by atoms with Crippen molar-refractivity contribution in [3.05, 3.63) is 18.2 Å². The first-order chi connectivity index (χ1) is 12.0. The van der Waals surface area contributed by atoms with E-state index in [-0.39, 0.29) is 10.9 Å². The molecule has 1 heterocycles. The Morgan fingerprint density at radius 2 is 1.72 bits per heavy atom. The van der Waals surface area contributed by atoms with E-state index in [4.69, 9.17) is 9.47 Å². The van der Waals surface area contributed by atoms with Crippen molar-refractivity contribution in [3.8, 4) is 11.5 Å². The number of rotatable bonds is 9. The molecule has 0 saturated carbocycles. The van der Waals surface area contributed by atoms with Crippen molar-refractivity contribution in [2.24, 2.45) is 0 Å². The summed E-state index contributed by atoms with van der Waals surface area (Å²) in [5.41, 5.74) is 0. The number of sulfonamides is 1. The second-order valence-corrected chi connectivity index (χ2v) is 7.93. The lowest BCUT2D eigenvalue weighted by Crippen LogP contribution is -2.44. The first-order valence-electron chi connectivity index (χ1n) is 9.14. The smallest absolute Gasteiger partial charge is 0.240 e. The Morgan fingerprint density at radius 1 is 1.08 bits per heavy atom. The molecule has 2 rings (SSSR count). The van der Waals surface area contributed by atoms with Gasteiger partial charge in [0.2, 0.25) is 10.0 Å². The van der Waals surface area contributed by atoms with Gasteiger partial charge in [-0.15, -0.1) is 0 Å². The highest BCUT2D eigenvalue weighted by Crippen LogP contribution is 2.30. The molecule has 1 aliphatic rings. The summed E-state index contributed by atoms with van der Waals surface area (Å²) in [6, 6.07) is 4.76. The van der Waals surface area contributed by atoms with E-state index in [9.17, 15) is 8.42 Å². The number of hydrogen-bond donors (Lipinski definition) is 1. The number of piperidine rings is 1. The van der Waals surface area contributed by atoms with E-state index in [2.05, 4.69) is 16.5 Å². The van der Waals surface area contributed by atoms with E-state index < -0.39 is 10.0 Å². The van der Waals surface area contributed by atoms with Crippen molar-refractivity contribution in [1.82, 2.24) is 9.62 Å². The monoisotopic (exact) mass is 370 g/mol. The Kier molecular flexibility index (Phi) is 7.53. The Hall–Kier alpha value is -1.31. The Labute approximate surface area is 151 Å². The lowest BCUT2D eigenvalue weighted by atomic mass is 10.1. The van der Waals surface area contributed by atoms with Crippen molar-refractivity contribution in [2.75, 3.05) is 32.8 Å². The van der Waals surface area contributed by atoms with Gasteiger partial charge in [0.25, 0.3) is 0 Å². The average molecular weight is 371 g/mol. The molecular formula is C18H30N2O4S.